The Balaban J connectivity index is 2.71. The molecule has 2 amide bonds. The van der Waals surface area contributed by atoms with Crippen LogP contribution in [-0.4, -0.2) is 36.9 Å². The molecule has 0 saturated heterocycles. The Morgan fingerprint density at radius 1 is 1.35 bits per heavy atom. The highest BCUT2D eigenvalue weighted by atomic mass is 16.2. The van der Waals surface area contributed by atoms with E-state index in [4.69, 9.17) is 5.73 Å². The number of unbranched alkanes of at least 4 members (excludes halogenated alkanes) is 1. The topological polar surface area (TPSA) is 75.4 Å². The van der Waals surface area contributed by atoms with Crippen molar-refractivity contribution in [2.24, 2.45) is 5.73 Å². The predicted molar refractivity (Wildman–Crippen MR) is 80.6 cm³/mol. The van der Waals surface area contributed by atoms with E-state index >= 15 is 0 Å². The molecule has 1 aromatic carbocycles. The largest absolute Gasteiger partial charge is 0.345 e. The second-order valence-electron chi connectivity index (χ2n) is 5.02. The molecule has 0 unspecified atom stereocenters. The third-order valence-corrected chi connectivity index (χ3v) is 2.99. The molecule has 0 aliphatic heterocycles. The maximum atomic E-state index is 11.9. The van der Waals surface area contributed by atoms with Crippen LogP contribution in [0.4, 0.5) is 5.69 Å². The highest BCUT2D eigenvalue weighted by Gasteiger charge is 2.14. The van der Waals surface area contributed by atoms with E-state index in [1.807, 2.05) is 0 Å². The zero-order valence-electron chi connectivity index (χ0n) is 12.3. The predicted octanol–water partition coefficient (Wildman–Crippen LogP) is 1.84. The van der Waals surface area contributed by atoms with Crippen LogP contribution in [0.5, 0.6) is 0 Å². The quantitative estimate of drug-likeness (QED) is 0.833. The van der Waals surface area contributed by atoms with E-state index in [1.54, 1.807) is 38.4 Å². The lowest BCUT2D eigenvalue weighted by Gasteiger charge is -2.14. The Morgan fingerprint density at radius 2 is 2.05 bits per heavy atom. The van der Waals surface area contributed by atoms with Gasteiger partial charge in [-0.2, -0.15) is 0 Å². The van der Waals surface area contributed by atoms with Gasteiger partial charge in [-0.3, -0.25) is 9.59 Å². The number of carbonyl (C=O) groups excluding carboxylic acids is 2. The summed E-state index contributed by atoms with van der Waals surface area (Å²) in [6, 6.07) is 6.35. The van der Waals surface area contributed by atoms with Gasteiger partial charge in [0.15, 0.2) is 0 Å². The number of nitrogens with one attached hydrogen (secondary N) is 1. The molecular weight excluding hydrogens is 254 g/mol. The number of anilines is 1. The van der Waals surface area contributed by atoms with E-state index in [0.717, 1.165) is 12.8 Å². The summed E-state index contributed by atoms with van der Waals surface area (Å²) in [5, 5.41) is 2.75. The Bertz CT molecular complexity index is 472. The maximum absolute atomic E-state index is 11.9. The normalized spacial score (nSPS) is 11.8. The van der Waals surface area contributed by atoms with Crippen molar-refractivity contribution in [1.82, 2.24) is 4.90 Å². The van der Waals surface area contributed by atoms with E-state index in [-0.39, 0.29) is 11.8 Å². The molecule has 0 aliphatic rings. The van der Waals surface area contributed by atoms with Gasteiger partial charge in [0.05, 0.1) is 6.04 Å². The molecule has 5 heteroatoms. The molecule has 110 valence electrons. The molecule has 1 rings (SSSR count). The number of carbonyl (C=O) groups is 2. The fourth-order valence-electron chi connectivity index (χ4n) is 1.78. The standard InChI is InChI=1S/C15H23N3O2/c1-4-5-9-13(16)14(19)17-12-8-6-7-11(10-12)15(20)18(2)3/h6-8,10,13H,4-5,9,16H2,1-3H3,(H,17,19)/t13-/m0/s1. The van der Waals surface area contributed by atoms with Crippen LogP contribution in [0.1, 0.15) is 36.5 Å². The average Bonchev–Trinajstić information content (AvgIpc) is 2.43. The summed E-state index contributed by atoms with van der Waals surface area (Å²) >= 11 is 0. The van der Waals surface area contributed by atoms with Gasteiger partial charge >= 0.3 is 0 Å². The van der Waals surface area contributed by atoms with E-state index in [2.05, 4.69) is 12.2 Å². The monoisotopic (exact) mass is 277 g/mol. The van der Waals surface area contributed by atoms with Crippen LogP contribution in [0, 0.1) is 0 Å². The fourth-order valence-corrected chi connectivity index (χ4v) is 1.78. The summed E-state index contributed by atoms with van der Waals surface area (Å²) in [6.45, 7) is 2.06. The molecule has 20 heavy (non-hydrogen) atoms. The molecule has 0 aliphatic carbocycles. The third-order valence-electron chi connectivity index (χ3n) is 2.99. The number of amides is 2. The molecule has 0 spiro atoms. The van der Waals surface area contributed by atoms with Crippen LogP contribution < -0.4 is 11.1 Å². The van der Waals surface area contributed by atoms with Crippen molar-refractivity contribution >= 4 is 17.5 Å². The van der Waals surface area contributed by atoms with Gasteiger partial charge in [0, 0.05) is 25.3 Å². The van der Waals surface area contributed by atoms with Gasteiger partial charge < -0.3 is 16.0 Å². The number of hydrogen-bond donors (Lipinski definition) is 2. The van der Waals surface area contributed by atoms with E-state index in [1.165, 1.54) is 4.90 Å². The van der Waals surface area contributed by atoms with Gasteiger partial charge in [-0.1, -0.05) is 25.8 Å². The Hall–Kier alpha value is -1.88. The Kier molecular flexibility index (Phi) is 6.18. The highest BCUT2D eigenvalue weighted by Crippen LogP contribution is 2.13. The van der Waals surface area contributed by atoms with Crippen LogP contribution in [0.3, 0.4) is 0 Å². The number of hydrogen-bond acceptors (Lipinski definition) is 3. The van der Waals surface area contributed by atoms with Crippen molar-refractivity contribution in [2.45, 2.75) is 32.2 Å². The number of nitrogens with zero attached hydrogens (tertiary/aromatic N) is 1. The molecule has 5 nitrogen and oxygen atoms in total. The van der Waals surface area contributed by atoms with E-state index in [9.17, 15) is 9.59 Å². The summed E-state index contributed by atoms with van der Waals surface area (Å²) in [7, 11) is 3.38. The molecule has 0 saturated carbocycles. The first kappa shape index (κ1) is 16.2. The molecule has 1 aromatic rings. The molecule has 3 N–H and O–H groups in total. The summed E-state index contributed by atoms with van der Waals surface area (Å²) < 4.78 is 0. The van der Waals surface area contributed by atoms with Gasteiger partial charge in [-0.25, -0.2) is 0 Å². The molecule has 0 heterocycles. The summed E-state index contributed by atoms with van der Waals surface area (Å²) in [5.41, 5.74) is 6.94. The lowest BCUT2D eigenvalue weighted by atomic mass is 10.1. The van der Waals surface area contributed by atoms with Crippen LogP contribution >= 0.6 is 0 Å². The van der Waals surface area contributed by atoms with Gasteiger partial charge in [-0.15, -0.1) is 0 Å². The lowest BCUT2D eigenvalue weighted by molar-refractivity contribution is -0.117. The van der Waals surface area contributed by atoms with E-state index in [0.29, 0.717) is 17.7 Å². The van der Waals surface area contributed by atoms with Crippen molar-refractivity contribution < 1.29 is 9.59 Å². The van der Waals surface area contributed by atoms with Crippen LogP contribution in [-0.2, 0) is 4.79 Å². The summed E-state index contributed by atoms with van der Waals surface area (Å²) in [6.07, 6.45) is 2.60. The highest BCUT2D eigenvalue weighted by molar-refractivity contribution is 5.98. The second-order valence-corrected chi connectivity index (χ2v) is 5.02. The first-order chi connectivity index (χ1) is 9.45. The number of nitrogens with two attached hydrogens (primary N) is 1. The Morgan fingerprint density at radius 3 is 2.65 bits per heavy atom. The SMILES string of the molecule is CCCC[C@H](N)C(=O)Nc1cccc(C(=O)N(C)C)c1. The summed E-state index contributed by atoms with van der Waals surface area (Å²) in [4.78, 5) is 25.2. The lowest BCUT2D eigenvalue weighted by Crippen LogP contribution is -2.35. The van der Waals surface area contributed by atoms with Crippen molar-refractivity contribution in [3.8, 4) is 0 Å². The van der Waals surface area contributed by atoms with Crippen molar-refractivity contribution in [1.29, 1.82) is 0 Å². The first-order valence-corrected chi connectivity index (χ1v) is 6.84. The maximum Gasteiger partial charge on any atom is 0.253 e. The zero-order chi connectivity index (χ0) is 15.1. The van der Waals surface area contributed by atoms with Crippen molar-refractivity contribution in [3.63, 3.8) is 0 Å². The molecule has 1 atom stereocenters. The molecular formula is C15H23N3O2. The van der Waals surface area contributed by atoms with Crippen LogP contribution in [0.15, 0.2) is 24.3 Å². The summed E-state index contributed by atoms with van der Waals surface area (Å²) in [5.74, 6) is -0.315. The van der Waals surface area contributed by atoms with Crippen molar-refractivity contribution in [2.75, 3.05) is 19.4 Å². The molecule has 0 bridgehead atoms. The molecule has 0 radical (unpaired) electrons. The fraction of sp³-hybridized carbons (Fsp3) is 0.467. The minimum absolute atomic E-state index is 0.101. The van der Waals surface area contributed by atoms with Crippen molar-refractivity contribution in [3.05, 3.63) is 29.8 Å². The minimum atomic E-state index is -0.511. The Labute approximate surface area is 120 Å². The number of rotatable bonds is 6. The van der Waals surface area contributed by atoms with Gasteiger partial charge in [0.2, 0.25) is 5.91 Å². The molecule has 0 aromatic heterocycles. The average molecular weight is 277 g/mol. The molecule has 0 fully saturated rings. The van der Waals surface area contributed by atoms with Gasteiger partial charge in [0.1, 0.15) is 0 Å². The van der Waals surface area contributed by atoms with Gasteiger partial charge in [0.25, 0.3) is 5.91 Å². The van der Waals surface area contributed by atoms with Gasteiger partial charge in [-0.05, 0) is 24.6 Å². The van der Waals surface area contributed by atoms with E-state index < -0.39 is 6.04 Å². The third kappa shape index (κ3) is 4.66. The zero-order valence-corrected chi connectivity index (χ0v) is 12.3. The first-order valence-electron chi connectivity index (χ1n) is 6.84. The minimum Gasteiger partial charge on any atom is -0.345 e. The number of benzene rings is 1. The smallest absolute Gasteiger partial charge is 0.253 e. The van der Waals surface area contributed by atoms with Crippen LogP contribution in [0.25, 0.3) is 0 Å². The second kappa shape index (κ2) is 7.65. The van der Waals surface area contributed by atoms with Crippen LogP contribution in [0.2, 0.25) is 0 Å².